The summed E-state index contributed by atoms with van der Waals surface area (Å²) in [7, 11) is 0. The predicted octanol–water partition coefficient (Wildman–Crippen LogP) is 3.44. The van der Waals surface area contributed by atoms with Crippen molar-refractivity contribution in [1.82, 2.24) is 0 Å². The standard InChI is InChI=1S/C12H12/c1-3-11(2)9-10-12-7-5-4-6-8-12/h3-10H,1-2H2/b10-9+. The van der Waals surface area contributed by atoms with Crippen molar-refractivity contribution in [3.8, 4) is 0 Å². The van der Waals surface area contributed by atoms with Gasteiger partial charge in [0.25, 0.3) is 0 Å². The SMILES string of the molecule is C=CC(=C)/C=C/c1ccccc1. The Hall–Kier alpha value is -1.56. The van der Waals surface area contributed by atoms with Crippen LogP contribution in [0.25, 0.3) is 6.08 Å². The van der Waals surface area contributed by atoms with Gasteiger partial charge in [-0.15, -0.1) is 0 Å². The largest absolute Gasteiger partial charge is 0.0985 e. The fourth-order valence-electron chi connectivity index (χ4n) is 0.835. The summed E-state index contributed by atoms with van der Waals surface area (Å²) in [6.45, 7) is 7.41. The van der Waals surface area contributed by atoms with Crippen LogP contribution in [0.1, 0.15) is 5.56 Å². The van der Waals surface area contributed by atoms with Crippen LogP contribution in [0, 0.1) is 0 Å². The minimum absolute atomic E-state index is 0.929. The van der Waals surface area contributed by atoms with Gasteiger partial charge in [0, 0.05) is 0 Å². The summed E-state index contributed by atoms with van der Waals surface area (Å²) in [4.78, 5) is 0. The van der Waals surface area contributed by atoms with E-state index in [9.17, 15) is 0 Å². The highest BCUT2D eigenvalue weighted by Crippen LogP contribution is 2.03. The minimum atomic E-state index is 0.929. The number of allylic oxidation sites excluding steroid dienone is 3. The Morgan fingerprint density at radius 2 is 1.83 bits per heavy atom. The summed E-state index contributed by atoms with van der Waals surface area (Å²) in [6.07, 6.45) is 5.70. The van der Waals surface area contributed by atoms with Crippen LogP contribution in [-0.4, -0.2) is 0 Å². The molecule has 0 spiro atoms. The molecule has 0 bridgehead atoms. The van der Waals surface area contributed by atoms with Gasteiger partial charge in [0.15, 0.2) is 0 Å². The van der Waals surface area contributed by atoms with E-state index in [4.69, 9.17) is 0 Å². The molecule has 1 aromatic rings. The first-order valence-corrected chi connectivity index (χ1v) is 3.87. The van der Waals surface area contributed by atoms with Crippen LogP contribution >= 0.6 is 0 Å². The van der Waals surface area contributed by atoms with Crippen molar-refractivity contribution in [3.05, 3.63) is 66.8 Å². The average molecular weight is 156 g/mol. The summed E-state index contributed by atoms with van der Waals surface area (Å²) in [5.41, 5.74) is 2.11. The molecule has 0 radical (unpaired) electrons. The van der Waals surface area contributed by atoms with Crippen molar-refractivity contribution >= 4 is 6.08 Å². The molecule has 0 nitrogen and oxygen atoms in total. The first-order chi connectivity index (χ1) is 5.83. The van der Waals surface area contributed by atoms with Crippen LogP contribution in [0.2, 0.25) is 0 Å². The monoisotopic (exact) mass is 156 g/mol. The van der Waals surface area contributed by atoms with Gasteiger partial charge in [-0.1, -0.05) is 61.7 Å². The van der Waals surface area contributed by atoms with Gasteiger partial charge in [-0.05, 0) is 11.1 Å². The van der Waals surface area contributed by atoms with Crippen LogP contribution in [-0.2, 0) is 0 Å². The highest BCUT2D eigenvalue weighted by Gasteiger charge is 1.82. The second-order valence-corrected chi connectivity index (χ2v) is 2.52. The summed E-state index contributed by atoms with van der Waals surface area (Å²) >= 11 is 0. The molecule has 0 amide bonds. The van der Waals surface area contributed by atoms with Crippen LogP contribution in [0.15, 0.2) is 61.2 Å². The molecule has 0 saturated heterocycles. The maximum atomic E-state index is 3.78. The lowest BCUT2D eigenvalue weighted by atomic mass is 10.2. The molecule has 12 heavy (non-hydrogen) atoms. The number of benzene rings is 1. The van der Waals surface area contributed by atoms with Gasteiger partial charge in [-0.3, -0.25) is 0 Å². The molecule has 1 aromatic carbocycles. The van der Waals surface area contributed by atoms with Gasteiger partial charge in [-0.2, -0.15) is 0 Å². The number of hydrogen-bond acceptors (Lipinski definition) is 0. The van der Waals surface area contributed by atoms with Crippen molar-refractivity contribution in [2.24, 2.45) is 0 Å². The highest BCUT2D eigenvalue weighted by molar-refractivity contribution is 5.53. The first kappa shape index (κ1) is 8.54. The Morgan fingerprint density at radius 3 is 2.42 bits per heavy atom. The van der Waals surface area contributed by atoms with E-state index in [-0.39, 0.29) is 0 Å². The van der Waals surface area contributed by atoms with Crippen molar-refractivity contribution in [1.29, 1.82) is 0 Å². The van der Waals surface area contributed by atoms with Gasteiger partial charge < -0.3 is 0 Å². The van der Waals surface area contributed by atoms with E-state index in [1.54, 1.807) is 6.08 Å². The van der Waals surface area contributed by atoms with E-state index in [1.165, 1.54) is 5.56 Å². The van der Waals surface area contributed by atoms with Gasteiger partial charge >= 0.3 is 0 Å². The van der Waals surface area contributed by atoms with Crippen LogP contribution < -0.4 is 0 Å². The molecule has 0 unspecified atom stereocenters. The van der Waals surface area contributed by atoms with E-state index in [1.807, 2.05) is 42.5 Å². The van der Waals surface area contributed by atoms with Gasteiger partial charge in [0.2, 0.25) is 0 Å². The third kappa shape index (κ3) is 2.59. The summed E-state index contributed by atoms with van der Waals surface area (Å²) < 4.78 is 0. The van der Waals surface area contributed by atoms with Crippen molar-refractivity contribution in [3.63, 3.8) is 0 Å². The molecule has 0 saturated carbocycles. The van der Waals surface area contributed by atoms with Crippen LogP contribution in [0.5, 0.6) is 0 Å². The third-order valence-corrected chi connectivity index (χ3v) is 1.55. The Balaban J connectivity index is 2.70. The molecular weight excluding hydrogens is 144 g/mol. The topological polar surface area (TPSA) is 0 Å². The van der Waals surface area contributed by atoms with Crippen molar-refractivity contribution in [2.75, 3.05) is 0 Å². The maximum Gasteiger partial charge on any atom is -0.0256 e. The molecule has 0 N–H and O–H groups in total. The Bertz CT molecular complexity index is 291. The second-order valence-electron chi connectivity index (χ2n) is 2.52. The Labute approximate surface area is 73.6 Å². The normalized spacial score (nSPS) is 10.0. The predicted molar refractivity (Wildman–Crippen MR) is 54.8 cm³/mol. The summed E-state index contributed by atoms with van der Waals surface area (Å²) in [5.74, 6) is 0. The highest BCUT2D eigenvalue weighted by atomic mass is 13.9. The van der Waals surface area contributed by atoms with Crippen molar-refractivity contribution < 1.29 is 0 Å². The Kier molecular flexibility index (Phi) is 3.09. The van der Waals surface area contributed by atoms with Gasteiger partial charge in [0.05, 0.1) is 0 Å². The van der Waals surface area contributed by atoms with E-state index >= 15 is 0 Å². The molecule has 60 valence electrons. The van der Waals surface area contributed by atoms with Gasteiger partial charge in [0.1, 0.15) is 0 Å². The van der Waals surface area contributed by atoms with E-state index < -0.39 is 0 Å². The lowest BCUT2D eigenvalue weighted by Gasteiger charge is -1.90. The fraction of sp³-hybridized carbons (Fsp3) is 0. The van der Waals surface area contributed by atoms with E-state index in [0.717, 1.165) is 5.57 Å². The molecule has 0 aliphatic carbocycles. The number of hydrogen-bond donors (Lipinski definition) is 0. The van der Waals surface area contributed by atoms with Crippen LogP contribution in [0.3, 0.4) is 0 Å². The molecule has 0 heteroatoms. The first-order valence-electron chi connectivity index (χ1n) is 3.87. The van der Waals surface area contributed by atoms with E-state index in [2.05, 4.69) is 13.2 Å². The summed E-state index contributed by atoms with van der Waals surface area (Å²) in [6, 6.07) is 10.1. The molecule has 0 aliphatic rings. The minimum Gasteiger partial charge on any atom is -0.0985 e. The molecule has 0 fully saturated rings. The molecule has 0 heterocycles. The average Bonchev–Trinajstić information content (AvgIpc) is 2.16. The molecule has 1 rings (SSSR count). The van der Waals surface area contributed by atoms with Gasteiger partial charge in [-0.25, -0.2) is 0 Å². The smallest absolute Gasteiger partial charge is 0.0256 e. The lowest BCUT2D eigenvalue weighted by molar-refractivity contribution is 1.65. The second kappa shape index (κ2) is 4.35. The van der Waals surface area contributed by atoms with E-state index in [0.29, 0.717) is 0 Å². The molecule has 0 aliphatic heterocycles. The zero-order valence-corrected chi connectivity index (χ0v) is 7.03. The molecule has 0 aromatic heterocycles. The maximum absolute atomic E-state index is 3.78. The zero-order chi connectivity index (χ0) is 8.81. The molecule has 0 atom stereocenters. The number of rotatable bonds is 3. The third-order valence-electron chi connectivity index (χ3n) is 1.55. The lowest BCUT2D eigenvalue weighted by Crippen LogP contribution is -1.69. The van der Waals surface area contributed by atoms with Crippen molar-refractivity contribution in [2.45, 2.75) is 0 Å². The molecular formula is C12H12. The van der Waals surface area contributed by atoms with Crippen LogP contribution in [0.4, 0.5) is 0 Å². The fourth-order valence-corrected chi connectivity index (χ4v) is 0.835. The summed E-state index contributed by atoms with van der Waals surface area (Å²) in [5, 5.41) is 0. The Morgan fingerprint density at radius 1 is 1.17 bits per heavy atom. The quantitative estimate of drug-likeness (QED) is 0.588. The zero-order valence-electron chi connectivity index (χ0n) is 7.03.